The van der Waals surface area contributed by atoms with Gasteiger partial charge in [0.2, 0.25) is 11.8 Å². The number of nitrogens with one attached hydrogen (secondary N) is 3. The molecule has 1 aliphatic heterocycles. The molecule has 0 bridgehead atoms. The summed E-state index contributed by atoms with van der Waals surface area (Å²) in [6.07, 6.45) is 0.641. The Bertz CT molecular complexity index is 563. The lowest BCUT2D eigenvalue weighted by atomic mass is 9.98. The fraction of sp³-hybridized carbons (Fsp3) is 0.778. The van der Waals surface area contributed by atoms with Crippen LogP contribution in [0.25, 0.3) is 0 Å². The molecule has 0 aromatic carbocycles. The Hall–Kier alpha value is -2.30. The first-order valence-electron chi connectivity index (χ1n) is 8.99. The van der Waals surface area contributed by atoms with Gasteiger partial charge in [0.05, 0.1) is 6.07 Å². The summed E-state index contributed by atoms with van der Waals surface area (Å²) in [5.41, 5.74) is -0.673. The van der Waals surface area contributed by atoms with Crippen LogP contribution in [0.3, 0.4) is 0 Å². The van der Waals surface area contributed by atoms with Crippen molar-refractivity contribution in [3.05, 3.63) is 0 Å². The van der Waals surface area contributed by atoms with Crippen LogP contribution in [-0.2, 0) is 14.3 Å². The number of amides is 3. The van der Waals surface area contributed by atoms with Crippen molar-refractivity contribution in [2.24, 2.45) is 11.8 Å². The smallest absolute Gasteiger partial charge is 0.408 e. The first-order chi connectivity index (χ1) is 12.0. The molecule has 0 spiro atoms. The number of carbonyl (C=O) groups is 3. The summed E-state index contributed by atoms with van der Waals surface area (Å²) in [6, 6.07) is 0.431. The van der Waals surface area contributed by atoms with E-state index in [-0.39, 0.29) is 24.2 Å². The van der Waals surface area contributed by atoms with Gasteiger partial charge in [0.15, 0.2) is 0 Å². The Balaban J connectivity index is 2.69. The lowest BCUT2D eigenvalue weighted by Gasteiger charge is -2.25. The lowest BCUT2D eigenvalue weighted by molar-refractivity contribution is -0.125. The highest BCUT2D eigenvalue weighted by Crippen LogP contribution is 2.16. The molecule has 0 aromatic rings. The second-order valence-electron chi connectivity index (χ2n) is 8.03. The van der Waals surface area contributed by atoms with Crippen molar-refractivity contribution in [2.45, 2.75) is 71.6 Å². The maximum atomic E-state index is 12.6. The Labute approximate surface area is 155 Å². The minimum absolute atomic E-state index is 0.0925. The van der Waals surface area contributed by atoms with Crippen molar-refractivity contribution >= 4 is 17.9 Å². The van der Waals surface area contributed by atoms with Crippen LogP contribution in [0.5, 0.6) is 0 Å². The molecule has 8 heteroatoms. The fourth-order valence-corrected chi connectivity index (χ4v) is 2.72. The van der Waals surface area contributed by atoms with E-state index in [1.165, 1.54) is 0 Å². The van der Waals surface area contributed by atoms with Gasteiger partial charge >= 0.3 is 6.09 Å². The molecule has 3 amide bonds. The number of carbonyl (C=O) groups excluding carboxylic acids is 3. The Morgan fingerprint density at radius 2 is 2.00 bits per heavy atom. The molecule has 0 aromatic heterocycles. The third kappa shape index (κ3) is 7.72. The second kappa shape index (κ2) is 9.41. The molecule has 0 unspecified atom stereocenters. The Morgan fingerprint density at radius 1 is 1.35 bits per heavy atom. The predicted molar refractivity (Wildman–Crippen MR) is 95.9 cm³/mol. The molecule has 1 aliphatic rings. The molecule has 8 nitrogen and oxygen atoms in total. The number of hydrogen-bond acceptors (Lipinski definition) is 5. The summed E-state index contributed by atoms with van der Waals surface area (Å²) in [5, 5.41) is 17.2. The van der Waals surface area contributed by atoms with Gasteiger partial charge < -0.3 is 20.7 Å². The van der Waals surface area contributed by atoms with Crippen LogP contribution in [-0.4, -0.2) is 42.1 Å². The van der Waals surface area contributed by atoms with Crippen LogP contribution >= 0.6 is 0 Å². The summed E-state index contributed by atoms with van der Waals surface area (Å²) in [5.74, 6) is -0.663. The van der Waals surface area contributed by atoms with Crippen molar-refractivity contribution in [3.8, 4) is 6.07 Å². The van der Waals surface area contributed by atoms with Crippen molar-refractivity contribution in [1.29, 1.82) is 5.26 Å². The SMILES string of the molecule is CC(C)C[C@H](NC(=O)OC(C)(C)C)C(=O)N[C@H](C#N)C[C@@H]1CCNC1=O. The summed E-state index contributed by atoms with van der Waals surface area (Å²) in [6.45, 7) is 9.67. The number of nitrogens with zero attached hydrogens (tertiary/aromatic N) is 1. The largest absolute Gasteiger partial charge is 0.444 e. The third-order valence-corrected chi connectivity index (χ3v) is 3.87. The Morgan fingerprint density at radius 3 is 2.46 bits per heavy atom. The second-order valence-corrected chi connectivity index (χ2v) is 8.03. The zero-order chi connectivity index (χ0) is 19.9. The van der Waals surface area contributed by atoms with Crippen LogP contribution in [0, 0.1) is 23.2 Å². The van der Waals surface area contributed by atoms with Crippen molar-refractivity contribution in [2.75, 3.05) is 6.54 Å². The number of ether oxygens (including phenoxy) is 1. The average Bonchev–Trinajstić information content (AvgIpc) is 2.88. The first kappa shape index (κ1) is 21.7. The van der Waals surface area contributed by atoms with Gasteiger partial charge in [-0.05, 0) is 46.0 Å². The molecular weight excluding hydrogens is 336 g/mol. The van der Waals surface area contributed by atoms with Crippen LogP contribution in [0.4, 0.5) is 4.79 Å². The van der Waals surface area contributed by atoms with E-state index in [1.807, 2.05) is 19.9 Å². The monoisotopic (exact) mass is 366 g/mol. The molecule has 3 N–H and O–H groups in total. The topological polar surface area (TPSA) is 120 Å². The highest BCUT2D eigenvalue weighted by Gasteiger charge is 2.30. The van der Waals surface area contributed by atoms with E-state index in [9.17, 15) is 19.6 Å². The molecule has 1 rings (SSSR count). The maximum absolute atomic E-state index is 12.6. The van der Waals surface area contributed by atoms with Gasteiger partial charge in [0, 0.05) is 12.5 Å². The summed E-state index contributed by atoms with van der Waals surface area (Å²) in [4.78, 5) is 36.2. The maximum Gasteiger partial charge on any atom is 0.408 e. The van der Waals surface area contributed by atoms with Gasteiger partial charge in [-0.1, -0.05) is 13.8 Å². The minimum atomic E-state index is -0.807. The van der Waals surface area contributed by atoms with Gasteiger partial charge in [-0.3, -0.25) is 9.59 Å². The third-order valence-electron chi connectivity index (χ3n) is 3.87. The average molecular weight is 366 g/mol. The predicted octanol–water partition coefficient (Wildman–Crippen LogP) is 1.46. The minimum Gasteiger partial charge on any atom is -0.444 e. The van der Waals surface area contributed by atoms with E-state index in [0.717, 1.165) is 0 Å². The van der Waals surface area contributed by atoms with Crippen molar-refractivity contribution < 1.29 is 19.1 Å². The lowest BCUT2D eigenvalue weighted by Crippen LogP contribution is -2.51. The van der Waals surface area contributed by atoms with Gasteiger partial charge in [-0.25, -0.2) is 4.79 Å². The summed E-state index contributed by atoms with van der Waals surface area (Å²) >= 11 is 0. The molecule has 3 atom stereocenters. The van der Waals surface area contributed by atoms with E-state index in [1.54, 1.807) is 20.8 Å². The molecule has 0 radical (unpaired) electrons. The fourth-order valence-electron chi connectivity index (χ4n) is 2.72. The van der Waals surface area contributed by atoms with Crippen LogP contribution in [0.1, 0.15) is 53.9 Å². The molecule has 1 saturated heterocycles. The van der Waals surface area contributed by atoms with Gasteiger partial charge in [-0.2, -0.15) is 5.26 Å². The van der Waals surface area contributed by atoms with E-state index < -0.39 is 29.7 Å². The van der Waals surface area contributed by atoms with Crippen molar-refractivity contribution in [1.82, 2.24) is 16.0 Å². The zero-order valence-electron chi connectivity index (χ0n) is 16.2. The number of nitriles is 1. The van der Waals surface area contributed by atoms with Crippen molar-refractivity contribution in [3.63, 3.8) is 0 Å². The van der Waals surface area contributed by atoms with Gasteiger partial charge in [-0.15, -0.1) is 0 Å². The van der Waals surface area contributed by atoms with E-state index in [2.05, 4.69) is 16.0 Å². The summed E-state index contributed by atoms with van der Waals surface area (Å²) < 4.78 is 5.20. The molecule has 26 heavy (non-hydrogen) atoms. The van der Waals surface area contributed by atoms with Gasteiger partial charge in [0.1, 0.15) is 17.7 Å². The molecule has 0 aliphatic carbocycles. The highest BCUT2D eigenvalue weighted by atomic mass is 16.6. The van der Waals surface area contributed by atoms with Crippen LogP contribution in [0.15, 0.2) is 0 Å². The van der Waals surface area contributed by atoms with Crippen LogP contribution < -0.4 is 16.0 Å². The number of rotatable bonds is 7. The standard InChI is InChI=1S/C18H30N4O4/c1-11(2)8-14(22-17(25)26-18(3,4)5)16(24)21-13(10-19)9-12-6-7-20-15(12)23/h11-14H,6-9H2,1-5H3,(H,20,23)(H,21,24)(H,22,25)/t12-,13-,14-/m0/s1. The normalized spacial score (nSPS) is 19.3. The zero-order valence-corrected chi connectivity index (χ0v) is 16.2. The Kier molecular flexibility index (Phi) is 7.87. The van der Waals surface area contributed by atoms with Gasteiger partial charge in [0.25, 0.3) is 0 Å². The highest BCUT2D eigenvalue weighted by molar-refractivity contribution is 5.86. The van der Waals surface area contributed by atoms with E-state index in [4.69, 9.17) is 4.74 Å². The molecular formula is C18H30N4O4. The van der Waals surface area contributed by atoms with E-state index >= 15 is 0 Å². The molecule has 146 valence electrons. The number of hydrogen-bond donors (Lipinski definition) is 3. The van der Waals surface area contributed by atoms with Crippen LogP contribution in [0.2, 0.25) is 0 Å². The first-order valence-corrected chi connectivity index (χ1v) is 8.99. The molecule has 0 saturated carbocycles. The van der Waals surface area contributed by atoms with E-state index in [0.29, 0.717) is 19.4 Å². The molecule has 1 heterocycles. The summed E-state index contributed by atoms with van der Waals surface area (Å²) in [7, 11) is 0. The molecule has 1 fully saturated rings. The number of alkyl carbamates (subject to hydrolysis) is 1. The quantitative estimate of drug-likeness (QED) is 0.630.